The minimum atomic E-state index is -0.607. The lowest BCUT2D eigenvalue weighted by Crippen LogP contribution is -2.30. The maximum Gasteiger partial charge on any atom is 0.338 e. The van der Waals surface area contributed by atoms with Gasteiger partial charge >= 0.3 is 5.97 Å². The molecule has 0 aliphatic heterocycles. The minimum absolute atomic E-state index is 0.254. The first kappa shape index (κ1) is 18.2. The SMILES string of the molecule is O=C(COC(=O)c1ccc(-n2cncn2)cc1)NCCc1ccccc1F. The van der Waals surface area contributed by atoms with Gasteiger partial charge in [0.25, 0.3) is 5.91 Å². The number of amides is 1. The monoisotopic (exact) mass is 368 g/mol. The molecule has 3 rings (SSSR count). The smallest absolute Gasteiger partial charge is 0.338 e. The fourth-order valence-corrected chi connectivity index (χ4v) is 2.39. The van der Waals surface area contributed by atoms with Gasteiger partial charge in [-0.2, -0.15) is 5.10 Å². The highest BCUT2D eigenvalue weighted by atomic mass is 19.1. The molecule has 0 atom stereocenters. The van der Waals surface area contributed by atoms with E-state index in [1.54, 1.807) is 53.5 Å². The van der Waals surface area contributed by atoms with Crippen LogP contribution in [0.1, 0.15) is 15.9 Å². The molecule has 0 spiro atoms. The number of hydrogen-bond donors (Lipinski definition) is 1. The lowest BCUT2D eigenvalue weighted by Gasteiger charge is -2.08. The standard InChI is InChI=1S/C19H17FN4O3/c20-17-4-2-1-3-14(17)9-10-22-18(25)11-27-19(26)15-5-7-16(8-6-15)24-13-21-12-23-24/h1-8,12-13H,9-11H2,(H,22,25). The molecular formula is C19H17FN4O3. The van der Waals surface area contributed by atoms with E-state index in [-0.39, 0.29) is 12.4 Å². The summed E-state index contributed by atoms with van der Waals surface area (Å²) in [6.07, 6.45) is 3.31. The number of esters is 1. The topological polar surface area (TPSA) is 86.1 Å². The number of aromatic nitrogens is 3. The third kappa shape index (κ3) is 4.97. The summed E-state index contributed by atoms with van der Waals surface area (Å²) in [5.74, 6) is -1.36. The summed E-state index contributed by atoms with van der Waals surface area (Å²) in [5, 5.41) is 6.58. The molecule has 0 radical (unpaired) electrons. The van der Waals surface area contributed by atoms with E-state index in [2.05, 4.69) is 15.4 Å². The van der Waals surface area contributed by atoms with E-state index in [9.17, 15) is 14.0 Å². The van der Waals surface area contributed by atoms with E-state index >= 15 is 0 Å². The molecule has 27 heavy (non-hydrogen) atoms. The molecule has 3 aromatic rings. The number of halogens is 1. The molecule has 1 heterocycles. The van der Waals surface area contributed by atoms with Crippen molar-refractivity contribution in [3.05, 3.63) is 78.1 Å². The third-order valence-corrected chi connectivity index (χ3v) is 3.79. The van der Waals surface area contributed by atoms with Crippen LogP contribution in [0, 0.1) is 5.82 Å². The molecule has 1 N–H and O–H groups in total. The predicted molar refractivity (Wildman–Crippen MR) is 94.8 cm³/mol. The maximum atomic E-state index is 13.5. The second-order valence-electron chi connectivity index (χ2n) is 5.65. The van der Waals surface area contributed by atoms with Gasteiger partial charge in [-0.1, -0.05) is 18.2 Å². The van der Waals surface area contributed by atoms with Gasteiger partial charge in [-0.3, -0.25) is 4.79 Å². The Morgan fingerprint density at radius 2 is 1.89 bits per heavy atom. The van der Waals surface area contributed by atoms with Crippen LogP contribution in [0.4, 0.5) is 4.39 Å². The van der Waals surface area contributed by atoms with Crippen LogP contribution in [0.3, 0.4) is 0 Å². The number of rotatable bonds is 7. The molecule has 2 aromatic carbocycles. The number of benzene rings is 2. The molecular weight excluding hydrogens is 351 g/mol. The van der Waals surface area contributed by atoms with Gasteiger partial charge in [0.2, 0.25) is 0 Å². The highest BCUT2D eigenvalue weighted by molar-refractivity contribution is 5.91. The van der Waals surface area contributed by atoms with Crippen molar-refractivity contribution in [2.24, 2.45) is 0 Å². The third-order valence-electron chi connectivity index (χ3n) is 3.79. The zero-order valence-corrected chi connectivity index (χ0v) is 14.3. The maximum absolute atomic E-state index is 13.5. The molecule has 1 aromatic heterocycles. The lowest BCUT2D eigenvalue weighted by molar-refractivity contribution is -0.124. The molecule has 7 nitrogen and oxygen atoms in total. The first-order valence-electron chi connectivity index (χ1n) is 8.26. The molecule has 0 fully saturated rings. The molecule has 0 saturated heterocycles. The van der Waals surface area contributed by atoms with Gasteiger partial charge in [-0.25, -0.2) is 18.9 Å². The summed E-state index contributed by atoms with van der Waals surface area (Å²) in [6, 6.07) is 12.9. The Morgan fingerprint density at radius 1 is 1.11 bits per heavy atom. The zero-order chi connectivity index (χ0) is 19.1. The van der Waals surface area contributed by atoms with Crippen LogP contribution in [0.15, 0.2) is 61.2 Å². The fraction of sp³-hybridized carbons (Fsp3) is 0.158. The molecule has 0 aliphatic rings. The number of hydrogen-bond acceptors (Lipinski definition) is 5. The molecule has 0 saturated carbocycles. The van der Waals surface area contributed by atoms with Gasteiger partial charge in [-0.15, -0.1) is 0 Å². The Kier molecular flexibility index (Phi) is 5.88. The van der Waals surface area contributed by atoms with Crippen LogP contribution in [-0.2, 0) is 16.0 Å². The largest absolute Gasteiger partial charge is 0.452 e. The normalized spacial score (nSPS) is 10.4. The summed E-state index contributed by atoms with van der Waals surface area (Å²) in [6.45, 7) is -0.148. The molecule has 138 valence electrons. The summed E-state index contributed by atoms with van der Waals surface area (Å²) >= 11 is 0. The summed E-state index contributed by atoms with van der Waals surface area (Å²) < 4.78 is 20.0. The highest BCUT2D eigenvalue weighted by Gasteiger charge is 2.11. The van der Waals surface area contributed by atoms with Crippen molar-refractivity contribution in [2.75, 3.05) is 13.2 Å². The van der Waals surface area contributed by atoms with E-state index in [0.29, 0.717) is 17.5 Å². The van der Waals surface area contributed by atoms with Crippen LogP contribution in [0.2, 0.25) is 0 Å². The van der Waals surface area contributed by atoms with Crippen LogP contribution in [0.25, 0.3) is 5.69 Å². The molecule has 1 amide bonds. The summed E-state index contributed by atoms with van der Waals surface area (Å²) in [5.41, 5.74) is 1.58. The van der Waals surface area contributed by atoms with Crippen LogP contribution < -0.4 is 5.32 Å². The van der Waals surface area contributed by atoms with E-state index < -0.39 is 18.5 Å². The Bertz CT molecular complexity index is 911. The Hall–Kier alpha value is -3.55. The minimum Gasteiger partial charge on any atom is -0.452 e. The fourth-order valence-electron chi connectivity index (χ4n) is 2.39. The zero-order valence-electron chi connectivity index (χ0n) is 14.3. The number of ether oxygens (including phenoxy) is 1. The van der Waals surface area contributed by atoms with Crippen molar-refractivity contribution >= 4 is 11.9 Å². The Balaban J connectivity index is 1.43. The van der Waals surface area contributed by atoms with Gasteiger partial charge in [-0.05, 0) is 42.3 Å². The van der Waals surface area contributed by atoms with Crippen LogP contribution in [-0.4, -0.2) is 39.8 Å². The average molecular weight is 368 g/mol. The second-order valence-corrected chi connectivity index (χ2v) is 5.65. The molecule has 0 aliphatic carbocycles. The number of nitrogens with zero attached hydrogens (tertiary/aromatic N) is 3. The Morgan fingerprint density at radius 3 is 2.59 bits per heavy atom. The number of carbonyl (C=O) groups is 2. The quantitative estimate of drug-likeness (QED) is 0.644. The number of carbonyl (C=O) groups excluding carboxylic acids is 2. The first-order chi connectivity index (χ1) is 13.1. The molecule has 0 unspecified atom stereocenters. The molecule has 0 bridgehead atoms. The van der Waals surface area contributed by atoms with Gasteiger partial charge in [0, 0.05) is 6.54 Å². The predicted octanol–water partition coefficient (Wildman–Crippen LogP) is 1.92. The van der Waals surface area contributed by atoms with E-state index in [1.165, 1.54) is 12.4 Å². The van der Waals surface area contributed by atoms with E-state index in [0.717, 1.165) is 5.69 Å². The van der Waals surface area contributed by atoms with E-state index in [4.69, 9.17) is 4.74 Å². The molecule has 8 heteroatoms. The van der Waals surface area contributed by atoms with Crippen molar-refractivity contribution in [3.8, 4) is 5.69 Å². The van der Waals surface area contributed by atoms with Crippen LogP contribution in [0.5, 0.6) is 0 Å². The van der Waals surface area contributed by atoms with Crippen molar-refractivity contribution < 1.29 is 18.7 Å². The van der Waals surface area contributed by atoms with Crippen LogP contribution >= 0.6 is 0 Å². The second kappa shape index (κ2) is 8.70. The summed E-state index contributed by atoms with van der Waals surface area (Å²) in [7, 11) is 0. The van der Waals surface area contributed by atoms with E-state index in [1.807, 2.05) is 0 Å². The van der Waals surface area contributed by atoms with Gasteiger partial charge in [0.15, 0.2) is 6.61 Å². The number of nitrogens with one attached hydrogen (secondary N) is 1. The van der Waals surface area contributed by atoms with Gasteiger partial charge in [0.1, 0.15) is 18.5 Å². The highest BCUT2D eigenvalue weighted by Crippen LogP contribution is 2.09. The van der Waals surface area contributed by atoms with Crippen molar-refractivity contribution in [3.63, 3.8) is 0 Å². The Labute approximate surface area is 154 Å². The summed E-state index contributed by atoms with van der Waals surface area (Å²) in [4.78, 5) is 27.6. The van der Waals surface area contributed by atoms with Crippen molar-refractivity contribution in [1.82, 2.24) is 20.1 Å². The van der Waals surface area contributed by atoms with Gasteiger partial charge < -0.3 is 10.1 Å². The van der Waals surface area contributed by atoms with Crippen molar-refractivity contribution in [1.29, 1.82) is 0 Å². The first-order valence-corrected chi connectivity index (χ1v) is 8.26. The van der Waals surface area contributed by atoms with Crippen molar-refractivity contribution in [2.45, 2.75) is 6.42 Å². The lowest BCUT2D eigenvalue weighted by atomic mass is 10.1. The van der Waals surface area contributed by atoms with Gasteiger partial charge in [0.05, 0.1) is 11.3 Å². The average Bonchev–Trinajstić information content (AvgIpc) is 3.22.